The highest BCUT2D eigenvalue weighted by molar-refractivity contribution is 5.82. The van der Waals surface area contributed by atoms with E-state index in [0.717, 1.165) is 6.42 Å². The quantitative estimate of drug-likeness (QED) is 0.318. The Bertz CT molecular complexity index is 257. The maximum atomic E-state index is 11.1. The summed E-state index contributed by atoms with van der Waals surface area (Å²) in [6, 6.07) is -1.95. The van der Waals surface area contributed by atoms with Crippen LogP contribution >= 0.6 is 0 Å². The Hall–Kier alpha value is -1.60. The topological polar surface area (TPSA) is 108 Å². The summed E-state index contributed by atoms with van der Waals surface area (Å²) in [7, 11) is 0. The summed E-state index contributed by atoms with van der Waals surface area (Å²) in [5.74, 6) is -1.29. The van der Waals surface area contributed by atoms with Crippen molar-refractivity contribution in [1.82, 2.24) is 10.6 Å². The third-order valence-corrected chi connectivity index (χ3v) is 1.78. The number of carboxylic acid groups (broad SMARTS) is 1. The monoisotopic (exact) mass is 246 g/mol. The van der Waals surface area contributed by atoms with Crippen molar-refractivity contribution in [3.05, 3.63) is 12.7 Å². The van der Waals surface area contributed by atoms with Crippen LogP contribution in [0.4, 0.5) is 4.79 Å². The number of ether oxygens (including phenoxy) is 1. The summed E-state index contributed by atoms with van der Waals surface area (Å²) in [6.07, 6.45) is 2.45. The molecule has 2 amide bonds. The molecule has 0 unspecified atom stereocenters. The number of hydrogen-bond acceptors (Lipinski definition) is 4. The molecule has 0 saturated heterocycles. The van der Waals surface area contributed by atoms with Gasteiger partial charge in [0.05, 0.1) is 19.8 Å². The molecular weight excluding hydrogens is 228 g/mol. The van der Waals surface area contributed by atoms with Gasteiger partial charge in [-0.05, 0) is 6.42 Å². The van der Waals surface area contributed by atoms with E-state index in [2.05, 4.69) is 17.2 Å². The van der Waals surface area contributed by atoms with Gasteiger partial charge in [0, 0.05) is 6.54 Å². The van der Waals surface area contributed by atoms with Crippen LogP contribution in [-0.4, -0.2) is 54.6 Å². The van der Waals surface area contributed by atoms with Crippen LogP contribution in [0.3, 0.4) is 0 Å². The Kier molecular flexibility index (Phi) is 8.71. The molecule has 4 N–H and O–H groups in total. The average Bonchev–Trinajstić information content (AvgIpc) is 2.30. The van der Waals surface area contributed by atoms with Crippen LogP contribution in [0.25, 0.3) is 0 Å². The molecule has 0 bridgehead atoms. The summed E-state index contributed by atoms with van der Waals surface area (Å²) in [5.41, 5.74) is 0. The van der Waals surface area contributed by atoms with E-state index in [1.165, 1.54) is 0 Å². The van der Waals surface area contributed by atoms with E-state index in [-0.39, 0.29) is 6.54 Å². The SMILES string of the molecule is C=CCCOCCNC(=O)N[C@H](CO)C(=O)O. The molecule has 0 aliphatic carbocycles. The number of aliphatic hydroxyl groups excluding tert-OH is 1. The summed E-state index contributed by atoms with van der Waals surface area (Å²) in [5, 5.41) is 21.7. The van der Waals surface area contributed by atoms with Gasteiger partial charge in [-0.2, -0.15) is 0 Å². The van der Waals surface area contributed by atoms with Gasteiger partial charge >= 0.3 is 12.0 Å². The molecule has 0 aromatic carbocycles. The highest BCUT2D eigenvalue weighted by Gasteiger charge is 2.17. The summed E-state index contributed by atoms with van der Waals surface area (Å²) in [6.45, 7) is 4.00. The van der Waals surface area contributed by atoms with Gasteiger partial charge < -0.3 is 25.6 Å². The molecular formula is C10H18N2O5. The van der Waals surface area contributed by atoms with E-state index >= 15 is 0 Å². The van der Waals surface area contributed by atoms with Gasteiger partial charge in [-0.15, -0.1) is 6.58 Å². The molecule has 0 aromatic heterocycles. The second kappa shape index (κ2) is 9.61. The molecule has 0 fully saturated rings. The van der Waals surface area contributed by atoms with Crippen molar-refractivity contribution >= 4 is 12.0 Å². The molecule has 0 rings (SSSR count). The molecule has 7 heteroatoms. The van der Waals surface area contributed by atoms with E-state index in [4.69, 9.17) is 14.9 Å². The first-order valence-corrected chi connectivity index (χ1v) is 5.18. The van der Waals surface area contributed by atoms with Gasteiger partial charge in [0.2, 0.25) is 0 Å². The van der Waals surface area contributed by atoms with Gasteiger partial charge in [0.1, 0.15) is 0 Å². The number of nitrogens with one attached hydrogen (secondary N) is 2. The smallest absolute Gasteiger partial charge is 0.328 e. The number of carbonyl (C=O) groups is 2. The number of urea groups is 1. The summed E-state index contributed by atoms with van der Waals surface area (Å²) >= 11 is 0. The van der Waals surface area contributed by atoms with Crippen LogP contribution < -0.4 is 10.6 Å². The fraction of sp³-hybridized carbons (Fsp3) is 0.600. The molecule has 0 heterocycles. The largest absolute Gasteiger partial charge is 0.480 e. The van der Waals surface area contributed by atoms with Crippen molar-refractivity contribution in [3.63, 3.8) is 0 Å². The molecule has 0 aliphatic rings. The number of carboxylic acids is 1. The minimum atomic E-state index is -1.29. The minimum Gasteiger partial charge on any atom is -0.480 e. The van der Waals surface area contributed by atoms with Crippen LogP contribution in [-0.2, 0) is 9.53 Å². The first-order valence-electron chi connectivity index (χ1n) is 5.18. The van der Waals surface area contributed by atoms with Crippen molar-refractivity contribution < 1.29 is 24.5 Å². The molecule has 0 spiro atoms. The second-order valence-corrected chi connectivity index (χ2v) is 3.16. The zero-order chi connectivity index (χ0) is 13.1. The van der Waals surface area contributed by atoms with Crippen LogP contribution in [0, 0.1) is 0 Å². The van der Waals surface area contributed by atoms with Crippen molar-refractivity contribution in [2.75, 3.05) is 26.4 Å². The van der Waals surface area contributed by atoms with Crippen LogP contribution in [0.2, 0.25) is 0 Å². The molecule has 0 aliphatic heterocycles. The van der Waals surface area contributed by atoms with Gasteiger partial charge in [-0.3, -0.25) is 0 Å². The predicted molar refractivity (Wildman–Crippen MR) is 60.7 cm³/mol. The minimum absolute atomic E-state index is 0.265. The lowest BCUT2D eigenvalue weighted by Gasteiger charge is -2.12. The normalized spacial score (nSPS) is 11.6. The van der Waals surface area contributed by atoms with Crippen molar-refractivity contribution in [3.8, 4) is 0 Å². The Morgan fingerprint density at radius 1 is 1.41 bits per heavy atom. The lowest BCUT2D eigenvalue weighted by molar-refractivity contribution is -0.140. The summed E-state index contributed by atoms with van der Waals surface area (Å²) in [4.78, 5) is 21.6. The molecule has 0 saturated carbocycles. The van der Waals surface area contributed by atoms with E-state index in [1.807, 2.05) is 0 Å². The summed E-state index contributed by atoms with van der Waals surface area (Å²) < 4.78 is 5.12. The number of amides is 2. The van der Waals surface area contributed by atoms with Crippen molar-refractivity contribution in [1.29, 1.82) is 0 Å². The van der Waals surface area contributed by atoms with Gasteiger partial charge in [-0.1, -0.05) is 6.08 Å². The highest BCUT2D eigenvalue weighted by Crippen LogP contribution is 1.83. The number of hydrogen-bond donors (Lipinski definition) is 4. The molecule has 7 nitrogen and oxygen atoms in total. The van der Waals surface area contributed by atoms with Gasteiger partial charge in [0.25, 0.3) is 0 Å². The Morgan fingerprint density at radius 2 is 2.12 bits per heavy atom. The van der Waals surface area contributed by atoms with E-state index in [9.17, 15) is 9.59 Å². The Morgan fingerprint density at radius 3 is 2.65 bits per heavy atom. The standard InChI is InChI=1S/C10H18N2O5/c1-2-3-5-17-6-4-11-10(16)12-8(7-13)9(14)15/h2,8,13H,1,3-7H2,(H,14,15)(H2,11,12,16)/t8-/m1/s1. The van der Waals surface area contributed by atoms with Crippen LogP contribution in [0.5, 0.6) is 0 Å². The zero-order valence-corrected chi connectivity index (χ0v) is 9.52. The predicted octanol–water partition coefficient (Wildman–Crippen LogP) is -0.676. The second-order valence-electron chi connectivity index (χ2n) is 3.16. The fourth-order valence-corrected chi connectivity index (χ4v) is 0.900. The third-order valence-electron chi connectivity index (χ3n) is 1.78. The molecule has 0 radical (unpaired) electrons. The Balaban J connectivity index is 3.58. The average molecular weight is 246 g/mol. The maximum Gasteiger partial charge on any atom is 0.328 e. The van der Waals surface area contributed by atoms with Gasteiger partial charge in [0.15, 0.2) is 6.04 Å². The molecule has 98 valence electrons. The van der Waals surface area contributed by atoms with Crippen LogP contribution in [0.1, 0.15) is 6.42 Å². The highest BCUT2D eigenvalue weighted by atomic mass is 16.5. The number of aliphatic carboxylic acids is 1. The number of rotatable bonds is 9. The number of aliphatic hydroxyl groups is 1. The van der Waals surface area contributed by atoms with Crippen molar-refractivity contribution in [2.24, 2.45) is 0 Å². The van der Waals surface area contributed by atoms with E-state index in [0.29, 0.717) is 13.2 Å². The maximum absolute atomic E-state index is 11.1. The molecule has 17 heavy (non-hydrogen) atoms. The molecule has 1 atom stereocenters. The molecule has 0 aromatic rings. The van der Waals surface area contributed by atoms with Crippen LogP contribution in [0.15, 0.2) is 12.7 Å². The first-order chi connectivity index (χ1) is 8.11. The number of carbonyl (C=O) groups excluding carboxylic acids is 1. The van der Waals surface area contributed by atoms with Gasteiger partial charge in [-0.25, -0.2) is 9.59 Å². The third kappa shape index (κ3) is 8.23. The zero-order valence-electron chi connectivity index (χ0n) is 9.52. The lowest BCUT2D eigenvalue weighted by Crippen LogP contribution is -2.48. The van der Waals surface area contributed by atoms with E-state index in [1.54, 1.807) is 6.08 Å². The Labute approximate surface area is 99.5 Å². The van der Waals surface area contributed by atoms with E-state index < -0.39 is 24.6 Å². The van der Waals surface area contributed by atoms with Crippen molar-refractivity contribution in [2.45, 2.75) is 12.5 Å². The first kappa shape index (κ1) is 15.4. The fourth-order valence-electron chi connectivity index (χ4n) is 0.900. The lowest BCUT2D eigenvalue weighted by atomic mass is 10.3.